The number of carbonyl (C=O) groups is 2. The zero-order valence-corrected chi connectivity index (χ0v) is 16.7. The Morgan fingerprint density at radius 1 is 1.04 bits per heavy atom. The molecule has 1 heterocycles. The quantitative estimate of drug-likeness (QED) is 0.655. The second-order valence-electron chi connectivity index (χ2n) is 6.16. The van der Waals surface area contributed by atoms with Gasteiger partial charge in [-0.05, 0) is 25.1 Å². The predicted octanol–water partition coefficient (Wildman–Crippen LogP) is 1.15. The van der Waals surface area contributed by atoms with E-state index in [0.717, 1.165) is 4.68 Å². The molecule has 28 heavy (non-hydrogen) atoms. The topological polar surface area (TPSA) is 100.0 Å². The van der Waals surface area contributed by atoms with E-state index in [1.165, 1.54) is 59.4 Å². The van der Waals surface area contributed by atoms with E-state index in [0.29, 0.717) is 28.5 Å². The van der Waals surface area contributed by atoms with Crippen LogP contribution < -0.4 is 19.8 Å². The SMILES string of the molecule is COc1cc(-c2ccc(=O)n(C(C(C)=O)C(=O)N(C)C)n2)cc(OC)c1OC. The number of rotatable bonds is 7. The van der Waals surface area contributed by atoms with Crippen molar-refractivity contribution in [3.05, 3.63) is 34.6 Å². The highest BCUT2D eigenvalue weighted by molar-refractivity contribution is 6.02. The van der Waals surface area contributed by atoms with Gasteiger partial charge in [-0.1, -0.05) is 0 Å². The van der Waals surface area contributed by atoms with E-state index in [1.54, 1.807) is 12.1 Å². The number of amides is 1. The van der Waals surface area contributed by atoms with Gasteiger partial charge in [0.05, 0.1) is 27.0 Å². The Hall–Kier alpha value is -3.36. The molecule has 0 spiro atoms. The van der Waals surface area contributed by atoms with Crippen LogP contribution in [-0.4, -0.2) is 61.8 Å². The van der Waals surface area contributed by atoms with Crippen LogP contribution in [0.2, 0.25) is 0 Å². The molecule has 1 atom stereocenters. The number of ketones is 1. The van der Waals surface area contributed by atoms with Crippen LogP contribution >= 0.6 is 0 Å². The summed E-state index contributed by atoms with van der Waals surface area (Å²) in [6.45, 7) is 1.24. The number of likely N-dealkylation sites (N-methyl/N-ethyl adjacent to an activating group) is 1. The van der Waals surface area contributed by atoms with Gasteiger partial charge in [-0.25, -0.2) is 4.68 Å². The van der Waals surface area contributed by atoms with Gasteiger partial charge in [-0.15, -0.1) is 0 Å². The average molecular weight is 389 g/mol. The first-order chi connectivity index (χ1) is 13.2. The van der Waals surface area contributed by atoms with Crippen molar-refractivity contribution in [1.29, 1.82) is 0 Å². The molecule has 0 aliphatic rings. The third-order valence-corrected chi connectivity index (χ3v) is 4.09. The summed E-state index contributed by atoms with van der Waals surface area (Å²) in [5.74, 6) is 0.193. The third-order valence-electron chi connectivity index (χ3n) is 4.09. The maximum absolute atomic E-state index is 12.4. The van der Waals surface area contributed by atoms with Crippen molar-refractivity contribution in [1.82, 2.24) is 14.7 Å². The first kappa shape index (κ1) is 20.9. The van der Waals surface area contributed by atoms with Crippen LogP contribution in [0.15, 0.2) is 29.1 Å². The van der Waals surface area contributed by atoms with Gasteiger partial charge >= 0.3 is 0 Å². The van der Waals surface area contributed by atoms with Crippen molar-refractivity contribution in [3.63, 3.8) is 0 Å². The monoisotopic (exact) mass is 389 g/mol. The number of benzene rings is 1. The average Bonchev–Trinajstić information content (AvgIpc) is 2.67. The molecule has 0 saturated carbocycles. The summed E-state index contributed by atoms with van der Waals surface area (Å²) in [5, 5.41) is 4.26. The van der Waals surface area contributed by atoms with Crippen LogP contribution in [0.5, 0.6) is 17.2 Å². The fourth-order valence-corrected chi connectivity index (χ4v) is 2.69. The lowest BCUT2D eigenvalue weighted by molar-refractivity contribution is -0.138. The van der Waals surface area contributed by atoms with E-state index in [1.807, 2.05) is 0 Å². The van der Waals surface area contributed by atoms with E-state index in [-0.39, 0.29) is 0 Å². The maximum atomic E-state index is 12.4. The molecule has 9 heteroatoms. The molecule has 2 rings (SSSR count). The molecule has 1 aromatic heterocycles. The molecule has 2 aromatic rings. The molecular weight excluding hydrogens is 366 g/mol. The van der Waals surface area contributed by atoms with Crippen molar-refractivity contribution in [2.75, 3.05) is 35.4 Å². The molecule has 0 aliphatic heterocycles. The van der Waals surface area contributed by atoms with E-state index >= 15 is 0 Å². The molecule has 1 amide bonds. The number of carbonyl (C=O) groups excluding carboxylic acids is 2. The van der Waals surface area contributed by atoms with Crippen LogP contribution in [0.3, 0.4) is 0 Å². The van der Waals surface area contributed by atoms with Crippen molar-refractivity contribution in [2.45, 2.75) is 13.0 Å². The molecule has 0 fully saturated rings. The number of ether oxygens (including phenoxy) is 3. The van der Waals surface area contributed by atoms with Crippen LogP contribution in [-0.2, 0) is 9.59 Å². The number of Topliss-reactive ketones (excluding diaryl/α,β-unsaturated/α-hetero) is 1. The standard InChI is InChI=1S/C19H23N3O6/c1-11(23)17(19(25)21(2)3)22-16(24)8-7-13(20-22)12-9-14(26-4)18(28-6)15(10-12)27-5/h7-10,17H,1-6H3. The van der Waals surface area contributed by atoms with E-state index in [4.69, 9.17) is 14.2 Å². The van der Waals surface area contributed by atoms with Gasteiger partial charge in [-0.3, -0.25) is 14.4 Å². The first-order valence-corrected chi connectivity index (χ1v) is 8.37. The molecule has 0 aliphatic carbocycles. The zero-order valence-electron chi connectivity index (χ0n) is 16.7. The molecule has 150 valence electrons. The Balaban J connectivity index is 2.67. The Morgan fingerprint density at radius 2 is 1.61 bits per heavy atom. The minimum Gasteiger partial charge on any atom is -0.493 e. The summed E-state index contributed by atoms with van der Waals surface area (Å²) in [4.78, 5) is 38.1. The summed E-state index contributed by atoms with van der Waals surface area (Å²) in [5.41, 5.74) is 0.353. The van der Waals surface area contributed by atoms with Crippen molar-refractivity contribution >= 4 is 11.7 Å². The van der Waals surface area contributed by atoms with Gasteiger partial charge in [0.1, 0.15) is 0 Å². The summed E-state index contributed by atoms with van der Waals surface area (Å²) >= 11 is 0. The number of hydrogen-bond acceptors (Lipinski definition) is 7. The lowest BCUT2D eigenvalue weighted by atomic mass is 10.1. The fraction of sp³-hybridized carbons (Fsp3) is 0.368. The molecule has 0 saturated heterocycles. The molecule has 0 bridgehead atoms. The fourth-order valence-electron chi connectivity index (χ4n) is 2.69. The summed E-state index contributed by atoms with van der Waals surface area (Å²) < 4.78 is 16.9. The highest BCUT2D eigenvalue weighted by Crippen LogP contribution is 2.40. The molecule has 1 unspecified atom stereocenters. The third kappa shape index (κ3) is 3.98. The normalized spacial score (nSPS) is 11.5. The Bertz CT molecular complexity index is 926. The number of aromatic nitrogens is 2. The number of methoxy groups -OCH3 is 3. The van der Waals surface area contributed by atoms with Gasteiger partial charge < -0.3 is 19.1 Å². The second-order valence-corrected chi connectivity index (χ2v) is 6.16. The lowest BCUT2D eigenvalue weighted by Gasteiger charge is -2.20. The Kier molecular flexibility index (Phi) is 6.40. The van der Waals surface area contributed by atoms with Gasteiger partial charge in [0.25, 0.3) is 11.5 Å². The van der Waals surface area contributed by atoms with E-state index in [9.17, 15) is 14.4 Å². The van der Waals surface area contributed by atoms with Crippen LogP contribution in [0.25, 0.3) is 11.3 Å². The largest absolute Gasteiger partial charge is 0.493 e. The van der Waals surface area contributed by atoms with Crippen LogP contribution in [0.4, 0.5) is 0 Å². The van der Waals surface area contributed by atoms with E-state index in [2.05, 4.69) is 5.10 Å². The van der Waals surface area contributed by atoms with Crippen molar-refractivity contribution in [2.24, 2.45) is 0 Å². The zero-order chi connectivity index (χ0) is 21.0. The van der Waals surface area contributed by atoms with E-state index < -0.39 is 23.3 Å². The van der Waals surface area contributed by atoms with Gasteiger partial charge in [0.2, 0.25) is 5.75 Å². The molecule has 0 radical (unpaired) electrons. The minimum absolute atomic E-state index is 0.358. The van der Waals surface area contributed by atoms with Gasteiger partial charge in [0.15, 0.2) is 23.3 Å². The summed E-state index contributed by atoms with van der Waals surface area (Å²) in [6.07, 6.45) is 0. The molecule has 0 N–H and O–H groups in total. The number of nitrogens with zero attached hydrogens (tertiary/aromatic N) is 3. The lowest BCUT2D eigenvalue weighted by Crippen LogP contribution is -2.41. The highest BCUT2D eigenvalue weighted by Gasteiger charge is 2.29. The Labute approximate surface area is 162 Å². The van der Waals surface area contributed by atoms with Crippen molar-refractivity contribution < 1.29 is 23.8 Å². The van der Waals surface area contributed by atoms with Crippen molar-refractivity contribution in [3.8, 4) is 28.5 Å². The first-order valence-electron chi connectivity index (χ1n) is 8.37. The summed E-state index contributed by atoms with van der Waals surface area (Å²) in [7, 11) is 7.47. The Morgan fingerprint density at radius 3 is 2.04 bits per heavy atom. The van der Waals surface area contributed by atoms with Crippen LogP contribution in [0, 0.1) is 0 Å². The smallest absolute Gasteiger partial charge is 0.267 e. The second kappa shape index (κ2) is 8.55. The number of hydrogen-bond donors (Lipinski definition) is 0. The maximum Gasteiger partial charge on any atom is 0.267 e. The minimum atomic E-state index is -1.34. The van der Waals surface area contributed by atoms with Gasteiger partial charge in [-0.2, -0.15) is 5.10 Å². The molecule has 1 aromatic carbocycles. The predicted molar refractivity (Wildman–Crippen MR) is 102 cm³/mol. The summed E-state index contributed by atoms with van der Waals surface area (Å²) in [6, 6.07) is 4.73. The van der Waals surface area contributed by atoms with Gasteiger partial charge in [0, 0.05) is 25.7 Å². The van der Waals surface area contributed by atoms with Crippen LogP contribution in [0.1, 0.15) is 13.0 Å². The molecular formula is C19H23N3O6. The molecule has 9 nitrogen and oxygen atoms in total. The highest BCUT2D eigenvalue weighted by atomic mass is 16.5.